The van der Waals surface area contributed by atoms with Crippen LogP contribution >= 0.6 is 0 Å². The Balaban J connectivity index is 3.68. The molecular formula is C8H15N. The van der Waals surface area contributed by atoms with Crippen LogP contribution in [0.3, 0.4) is 0 Å². The maximum Gasteiger partial charge on any atom is 0.0658 e. The molecule has 1 heteroatoms. The van der Waals surface area contributed by atoms with Gasteiger partial charge in [-0.3, -0.25) is 0 Å². The van der Waals surface area contributed by atoms with Crippen LogP contribution in [0.5, 0.6) is 0 Å². The van der Waals surface area contributed by atoms with Crippen molar-refractivity contribution in [3.8, 4) is 6.07 Å². The minimum Gasteiger partial charge on any atom is -0.198 e. The first-order valence-electron chi connectivity index (χ1n) is 3.65. The largest absolute Gasteiger partial charge is 0.198 e. The quantitative estimate of drug-likeness (QED) is 0.568. The lowest BCUT2D eigenvalue weighted by molar-refractivity contribution is 0.415. The van der Waals surface area contributed by atoms with Gasteiger partial charge in [-0.25, -0.2) is 0 Å². The van der Waals surface area contributed by atoms with Crippen LogP contribution in [-0.2, 0) is 0 Å². The first-order chi connectivity index (χ1) is 4.26. The molecule has 52 valence electrons. The fourth-order valence-corrected chi connectivity index (χ4v) is 0.905. The zero-order valence-electron chi connectivity index (χ0n) is 6.52. The molecule has 0 aromatic heterocycles. The van der Waals surface area contributed by atoms with Crippen LogP contribution in [-0.4, -0.2) is 0 Å². The molecule has 0 saturated carbocycles. The summed E-state index contributed by atoms with van der Waals surface area (Å²) in [6, 6.07) is 2.30. The van der Waals surface area contributed by atoms with E-state index in [1.165, 1.54) is 0 Å². The Labute approximate surface area is 57.7 Å². The van der Waals surface area contributed by atoms with Crippen molar-refractivity contribution in [3.63, 3.8) is 0 Å². The molecule has 0 amide bonds. The normalized spacial score (nSPS) is 16.2. The predicted octanol–water partition coefficient (Wildman–Crippen LogP) is 2.58. The Morgan fingerprint density at radius 1 is 1.33 bits per heavy atom. The minimum absolute atomic E-state index is 0.273. The molecule has 0 N–H and O–H groups in total. The van der Waals surface area contributed by atoms with E-state index >= 15 is 0 Å². The summed E-state index contributed by atoms with van der Waals surface area (Å²) in [7, 11) is 0. The topological polar surface area (TPSA) is 23.8 Å². The summed E-state index contributed by atoms with van der Waals surface area (Å²) < 4.78 is 0. The summed E-state index contributed by atoms with van der Waals surface area (Å²) in [5, 5.41) is 8.58. The van der Waals surface area contributed by atoms with Crippen molar-refractivity contribution in [3.05, 3.63) is 0 Å². The molecule has 2 unspecified atom stereocenters. The van der Waals surface area contributed by atoms with Crippen molar-refractivity contribution in [1.82, 2.24) is 0 Å². The van der Waals surface area contributed by atoms with Gasteiger partial charge >= 0.3 is 0 Å². The number of rotatable bonds is 3. The third-order valence-electron chi connectivity index (χ3n) is 1.94. The monoisotopic (exact) mass is 125 g/mol. The van der Waals surface area contributed by atoms with E-state index in [0.29, 0.717) is 5.92 Å². The average Bonchev–Trinajstić information content (AvgIpc) is 1.90. The molecule has 0 fully saturated rings. The molecule has 0 aliphatic heterocycles. The van der Waals surface area contributed by atoms with Crippen LogP contribution in [0, 0.1) is 23.2 Å². The lowest BCUT2D eigenvalue weighted by Crippen LogP contribution is -2.06. The number of hydrogen-bond acceptors (Lipinski definition) is 1. The summed E-state index contributed by atoms with van der Waals surface area (Å²) in [5.41, 5.74) is 0. The molecule has 1 nitrogen and oxygen atoms in total. The van der Waals surface area contributed by atoms with Gasteiger partial charge < -0.3 is 0 Å². The van der Waals surface area contributed by atoms with Gasteiger partial charge in [-0.2, -0.15) is 5.26 Å². The van der Waals surface area contributed by atoms with Gasteiger partial charge in [-0.05, 0) is 12.3 Å². The fourth-order valence-electron chi connectivity index (χ4n) is 0.905. The molecule has 0 bridgehead atoms. The van der Waals surface area contributed by atoms with Crippen LogP contribution in [0.15, 0.2) is 0 Å². The van der Waals surface area contributed by atoms with E-state index in [4.69, 9.17) is 5.26 Å². The SMILES string of the molecule is CCC(C)C(C#N)CC. The zero-order valence-corrected chi connectivity index (χ0v) is 6.52. The highest BCUT2D eigenvalue weighted by molar-refractivity contribution is 4.84. The van der Waals surface area contributed by atoms with Crippen LogP contribution in [0.1, 0.15) is 33.6 Å². The molecule has 0 radical (unpaired) electrons. The lowest BCUT2D eigenvalue weighted by Gasteiger charge is -2.11. The lowest BCUT2D eigenvalue weighted by atomic mass is 9.91. The van der Waals surface area contributed by atoms with Crippen molar-refractivity contribution >= 4 is 0 Å². The van der Waals surface area contributed by atoms with E-state index in [1.54, 1.807) is 0 Å². The van der Waals surface area contributed by atoms with Crippen LogP contribution in [0.25, 0.3) is 0 Å². The Kier molecular flexibility index (Phi) is 4.13. The summed E-state index contributed by atoms with van der Waals surface area (Å²) in [6.45, 7) is 6.34. The second kappa shape index (κ2) is 4.38. The highest BCUT2D eigenvalue weighted by Gasteiger charge is 2.11. The average molecular weight is 125 g/mol. The predicted molar refractivity (Wildman–Crippen MR) is 38.8 cm³/mol. The molecule has 0 saturated heterocycles. The summed E-state index contributed by atoms with van der Waals surface area (Å²) in [5.74, 6) is 0.843. The maximum absolute atomic E-state index is 8.58. The standard InChI is InChI=1S/C8H15N/c1-4-7(3)8(5-2)6-9/h7-8H,4-5H2,1-3H3. The minimum atomic E-state index is 0.273. The van der Waals surface area contributed by atoms with Crippen molar-refractivity contribution in [2.24, 2.45) is 11.8 Å². The number of nitrogens with zero attached hydrogens (tertiary/aromatic N) is 1. The van der Waals surface area contributed by atoms with E-state index in [-0.39, 0.29) is 5.92 Å². The van der Waals surface area contributed by atoms with Gasteiger partial charge in [0.25, 0.3) is 0 Å². The molecule has 0 heterocycles. The summed E-state index contributed by atoms with van der Waals surface area (Å²) >= 11 is 0. The van der Waals surface area contributed by atoms with Gasteiger partial charge in [0, 0.05) is 5.92 Å². The third-order valence-corrected chi connectivity index (χ3v) is 1.94. The molecule has 0 rings (SSSR count). The highest BCUT2D eigenvalue weighted by atomic mass is 14.3. The van der Waals surface area contributed by atoms with Gasteiger partial charge in [0.05, 0.1) is 6.07 Å². The summed E-state index contributed by atoms with van der Waals surface area (Å²) in [4.78, 5) is 0. The van der Waals surface area contributed by atoms with Gasteiger partial charge in [0.1, 0.15) is 0 Å². The molecule has 0 aliphatic rings. The van der Waals surface area contributed by atoms with E-state index in [0.717, 1.165) is 12.8 Å². The van der Waals surface area contributed by atoms with E-state index in [9.17, 15) is 0 Å². The molecular weight excluding hydrogens is 110 g/mol. The van der Waals surface area contributed by atoms with Crippen molar-refractivity contribution in [2.75, 3.05) is 0 Å². The number of nitriles is 1. The second-order valence-electron chi connectivity index (χ2n) is 2.53. The van der Waals surface area contributed by atoms with Crippen molar-refractivity contribution in [1.29, 1.82) is 5.26 Å². The zero-order chi connectivity index (χ0) is 7.28. The Bertz CT molecular complexity index is 102. The van der Waals surface area contributed by atoms with Gasteiger partial charge in [-0.1, -0.05) is 27.2 Å². The highest BCUT2D eigenvalue weighted by Crippen LogP contribution is 2.16. The molecule has 0 spiro atoms. The third kappa shape index (κ3) is 2.51. The smallest absolute Gasteiger partial charge is 0.0658 e. The van der Waals surface area contributed by atoms with Crippen LogP contribution in [0.2, 0.25) is 0 Å². The van der Waals surface area contributed by atoms with Crippen molar-refractivity contribution < 1.29 is 0 Å². The number of hydrogen-bond donors (Lipinski definition) is 0. The molecule has 0 aromatic carbocycles. The van der Waals surface area contributed by atoms with Crippen LogP contribution < -0.4 is 0 Å². The second-order valence-corrected chi connectivity index (χ2v) is 2.53. The molecule has 0 aliphatic carbocycles. The van der Waals surface area contributed by atoms with Crippen LogP contribution in [0.4, 0.5) is 0 Å². The Morgan fingerprint density at radius 2 is 1.89 bits per heavy atom. The first-order valence-corrected chi connectivity index (χ1v) is 3.65. The maximum atomic E-state index is 8.58. The summed E-state index contributed by atoms with van der Waals surface area (Å²) in [6.07, 6.45) is 2.11. The van der Waals surface area contributed by atoms with Gasteiger partial charge in [0.2, 0.25) is 0 Å². The van der Waals surface area contributed by atoms with E-state index in [2.05, 4.69) is 26.8 Å². The Morgan fingerprint density at radius 3 is 2.00 bits per heavy atom. The fraction of sp³-hybridized carbons (Fsp3) is 0.875. The van der Waals surface area contributed by atoms with Crippen molar-refractivity contribution in [2.45, 2.75) is 33.6 Å². The van der Waals surface area contributed by atoms with E-state index < -0.39 is 0 Å². The Hall–Kier alpha value is -0.510. The molecule has 9 heavy (non-hydrogen) atoms. The molecule has 2 atom stereocenters. The molecule has 0 aromatic rings. The first kappa shape index (κ1) is 8.49. The van der Waals surface area contributed by atoms with E-state index in [1.807, 2.05) is 0 Å². The van der Waals surface area contributed by atoms with Gasteiger partial charge in [-0.15, -0.1) is 0 Å². The van der Waals surface area contributed by atoms with Gasteiger partial charge in [0.15, 0.2) is 0 Å².